The minimum atomic E-state index is -0.882. The Morgan fingerprint density at radius 2 is 1.71 bits per heavy atom. The van der Waals surface area contributed by atoms with E-state index in [1.54, 1.807) is 0 Å². The first-order valence-corrected chi connectivity index (χ1v) is 12.6. The third-order valence-electron chi connectivity index (χ3n) is 5.31. The number of benzene rings is 1. The first-order valence-electron chi connectivity index (χ1n) is 9.21. The maximum absolute atomic E-state index is 4.59. The third-order valence-corrected chi connectivity index (χ3v) is 8.47. The van der Waals surface area contributed by atoms with Crippen LogP contribution in [0.3, 0.4) is 0 Å². The second-order valence-corrected chi connectivity index (χ2v) is 13.6. The van der Waals surface area contributed by atoms with Gasteiger partial charge in [-0.15, -0.1) is 0 Å². The number of pyridine rings is 1. The summed E-state index contributed by atoms with van der Waals surface area (Å²) in [5.74, 6) is 0.574. The zero-order valence-electron chi connectivity index (χ0n) is 15.5. The molecule has 1 aromatic carbocycles. The van der Waals surface area contributed by atoms with Gasteiger partial charge in [0.1, 0.15) is 0 Å². The second kappa shape index (κ2) is 7.20. The molecule has 1 aromatic heterocycles. The molecule has 3 heteroatoms. The summed E-state index contributed by atoms with van der Waals surface area (Å²) in [6.45, 7) is 13.1. The maximum atomic E-state index is 4.59. The zero-order chi connectivity index (χ0) is 17.2. The van der Waals surface area contributed by atoms with E-state index in [0.29, 0.717) is 5.92 Å². The fourth-order valence-electron chi connectivity index (χ4n) is 3.34. The molecule has 2 heterocycles. The van der Waals surface area contributed by atoms with Crippen LogP contribution in [0.5, 0.6) is 0 Å². The van der Waals surface area contributed by atoms with Gasteiger partial charge in [0, 0.05) is 26.4 Å². The third kappa shape index (κ3) is 4.34. The van der Waals surface area contributed by atoms with E-state index in [9.17, 15) is 0 Å². The molecule has 0 radical (unpaired) electrons. The summed E-state index contributed by atoms with van der Waals surface area (Å²) in [5.41, 5.74) is 5.08. The molecule has 2 aromatic rings. The van der Waals surface area contributed by atoms with Gasteiger partial charge in [0.25, 0.3) is 0 Å². The second-order valence-electron chi connectivity index (χ2n) is 8.27. The highest BCUT2D eigenvalue weighted by Crippen LogP contribution is 2.25. The van der Waals surface area contributed by atoms with Crippen molar-refractivity contribution in [3.63, 3.8) is 0 Å². The number of rotatable bonds is 4. The molecule has 0 saturated carbocycles. The summed E-state index contributed by atoms with van der Waals surface area (Å²) < 4.78 is 0. The van der Waals surface area contributed by atoms with E-state index >= 15 is 0 Å². The topological polar surface area (TPSA) is 16.1 Å². The summed E-state index contributed by atoms with van der Waals surface area (Å²) in [6, 6.07) is 16.2. The van der Waals surface area contributed by atoms with Crippen molar-refractivity contribution in [1.29, 1.82) is 0 Å². The molecule has 0 N–H and O–H groups in total. The predicted octanol–water partition coefficient (Wildman–Crippen LogP) is 5.40. The van der Waals surface area contributed by atoms with Crippen molar-refractivity contribution >= 4 is 8.07 Å². The largest absolute Gasteiger partial charge is 0.300 e. The summed E-state index contributed by atoms with van der Waals surface area (Å²) >= 11 is 0. The SMILES string of the molecule is CC(C)c1ccc(-c2cc(CN3CC[Si](C)(C)CC3)ccn2)cc1. The van der Waals surface area contributed by atoms with Crippen LogP contribution in [0.25, 0.3) is 11.3 Å². The highest BCUT2D eigenvalue weighted by Gasteiger charge is 2.27. The maximum Gasteiger partial charge on any atom is 0.0705 e. The van der Waals surface area contributed by atoms with Gasteiger partial charge in [0.05, 0.1) is 5.69 Å². The molecule has 0 bridgehead atoms. The molecule has 0 amide bonds. The van der Waals surface area contributed by atoms with Gasteiger partial charge in [-0.05, 0) is 54.4 Å². The molecule has 1 aliphatic rings. The Labute approximate surface area is 147 Å². The van der Waals surface area contributed by atoms with E-state index < -0.39 is 8.07 Å². The van der Waals surface area contributed by atoms with Crippen LogP contribution in [0, 0.1) is 0 Å². The van der Waals surface area contributed by atoms with Crippen molar-refractivity contribution in [2.45, 2.75) is 51.5 Å². The first-order chi connectivity index (χ1) is 11.4. The number of aromatic nitrogens is 1. The van der Waals surface area contributed by atoms with Crippen molar-refractivity contribution in [3.05, 3.63) is 53.7 Å². The Hall–Kier alpha value is -1.45. The fourth-order valence-corrected chi connectivity index (χ4v) is 5.44. The van der Waals surface area contributed by atoms with Gasteiger partial charge in [-0.3, -0.25) is 9.88 Å². The zero-order valence-corrected chi connectivity index (χ0v) is 16.5. The Morgan fingerprint density at radius 3 is 2.33 bits per heavy atom. The lowest BCUT2D eigenvalue weighted by Crippen LogP contribution is -2.42. The Kier molecular flexibility index (Phi) is 5.21. The van der Waals surface area contributed by atoms with Gasteiger partial charge in [-0.2, -0.15) is 0 Å². The standard InChI is InChI=1S/C21H30N2Si/c1-17(2)19-5-7-20(8-6-19)21-15-18(9-10-22-21)16-23-11-13-24(3,4)14-12-23/h5-10,15,17H,11-14,16H2,1-4H3. The van der Waals surface area contributed by atoms with Crippen molar-refractivity contribution in [3.8, 4) is 11.3 Å². The molecule has 1 aliphatic heterocycles. The summed E-state index contributed by atoms with van der Waals surface area (Å²) in [6.07, 6.45) is 1.96. The Morgan fingerprint density at radius 1 is 1.04 bits per heavy atom. The predicted molar refractivity (Wildman–Crippen MR) is 106 cm³/mol. The van der Waals surface area contributed by atoms with Crippen LogP contribution in [0.15, 0.2) is 42.6 Å². The molecule has 128 valence electrons. The normalized spacial score (nSPS) is 18.0. The van der Waals surface area contributed by atoms with Crippen molar-refractivity contribution in [2.24, 2.45) is 0 Å². The minimum absolute atomic E-state index is 0.574. The van der Waals surface area contributed by atoms with E-state index in [1.807, 2.05) is 6.20 Å². The van der Waals surface area contributed by atoms with E-state index in [4.69, 9.17) is 0 Å². The van der Waals surface area contributed by atoms with E-state index in [0.717, 1.165) is 12.2 Å². The highest BCUT2D eigenvalue weighted by molar-refractivity contribution is 6.77. The van der Waals surface area contributed by atoms with E-state index in [2.05, 4.69) is 73.2 Å². The number of hydrogen-bond acceptors (Lipinski definition) is 2. The minimum Gasteiger partial charge on any atom is -0.300 e. The van der Waals surface area contributed by atoms with Crippen LogP contribution in [0.1, 0.15) is 30.9 Å². The molecular formula is C21H30N2Si. The smallest absolute Gasteiger partial charge is 0.0705 e. The van der Waals surface area contributed by atoms with Crippen LogP contribution in [0.2, 0.25) is 25.2 Å². The van der Waals surface area contributed by atoms with Gasteiger partial charge in [-0.1, -0.05) is 51.2 Å². The van der Waals surface area contributed by atoms with Crippen LogP contribution in [-0.2, 0) is 6.54 Å². The lowest BCUT2D eigenvalue weighted by atomic mass is 10.0. The lowest BCUT2D eigenvalue weighted by molar-refractivity contribution is 0.281. The molecule has 0 aliphatic carbocycles. The molecule has 0 spiro atoms. The quantitative estimate of drug-likeness (QED) is 0.694. The fraction of sp³-hybridized carbons (Fsp3) is 0.476. The molecule has 1 saturated heterocycles. The lowest BCUT2D eigenvalue weighted by Gasteiger charge is -2.35. The van der Waals surface area contributed by atoms with Crippen molar-refractivity contribution in [2.75, 3.05) is 13.1 Å². The summed E-state index contributed by atoms with van der Waals surface area (Å²) in [4.78, 5) is 7.20. The van der Waals surface area contributed by atoms with Gasteiger partial charge >= 0.3 is 0 Å². The van der Waals surface area contributed by atoms with Crippen LogP contribution < -0.4 is 0 Å². The molecule has 0 atom stereocenters. The van der Waals surface area contributed by atoms with Crippen LogP contribution >= 0.6 is 0 Å². The summed E-state index contributed by atoms with van der Waals surface area (Å²) in [7, 11) is -0.882. The van der Waals surface area contributed by atoms with Crippen molar-refractivity contribution in [1.82, 2.24) is 9.88 Å². The monoisotopic (exact) mass is 338 g/mol. The summed E-state index contributed by atoms with van der Waals surface area (Å²) in [5, 5.41) is 0. The molecule has 0 unspecified atom stereocenters. The number of hydrogen-bond donors (Lipinski definition) is 0. The van der Waals surface area contributed by atoms with Gasteiger partial charge < -0.3 is 0 Å². The molecule has 1 fully saturated rings. The van der Waals surface area contributed by atoms with E-state index in [1.165, 1.54) is 41.9 Å². The Bertz CT molecular complexity index is 666. The highest BCUT2D eigenvalue weighted by atomic mass is 28.3. The van der Waals surface area contributed by atoms with Gasteiger partial charge in [-0.25, -0.2) is 0 Å². The average molecular weight is 339 g/mol. The average Bonchev–Trinajstić information content (AvgIpc) is 2.57. The van der Waals surface area contributed by atoms with Crippen LogP contribution in [-0.4, -0.2) is 31.0 Å². The van der Waals surface area contributed by atoms with E-state index in [-0.39, 0.29) is 0 Å². The van der Waals surface area contributed by atoms with Gasteiger partial charge in [0.15, 0.2) is 0 Å². The molecule has 2 nitrogen and oxygen atoms in total. The van der Waals surface area contributed by atoms with Crippen LogP contribution in [0.4, 0.5) is 0 Å². The number of nitrogens with zero attached hydrogens (tertiary/aromatic N) is 2. The Balaban J connectivity index is 1.70. The molecule has 3 rings (SSSR count). The molecule has 24 heavy (non-hydrogen) atoms. The van der Waals surface area contributed by atoms with Crippen molar-refractivity contribution < 1.29 is 0 Å². The first kappa shape index (κ1) is 17.4. The van der Waals surface area contributed by atoms with Gasteiger partial charge in [0.2, 0.25) is 0 Å². The molecular weight excluding hydrogens is 308 g/mol.